The Morgan fingerprint density at radius 1 is 1.11 bits per heavy atom. The van der Waals surface area contributed by atoms with Crippen LogP contribution in [0.3, 0.4) is 0 Å². The minimum atomic E-state index is 0.478. The molecule has 1 heteroatoms. The third-order valence-corrected chi connectivity index (χ3v) is 4.43. The lowest BCUT2D eigenvalue weighted by Crippen LogP contribution is -2.24. The van der Waals surface area contributed by atoms with Crippen molar-refractivity contribution in [2.75, 3.05) is 6.54 Å². The van der Waals surface area contributed by atoms with Gasteiger partial charge in [-0.1, -0.05) is 38.5 Å². The Kier molecular flexibility index (Phi) is 5.45. The number of benzene rings is 1. The molecule has 1 nitrogen and oxygen atoms in total. The zero-order valence-corrected chi connectivity index (χ0v) is 12.8. The molecule has 2 atom stereocenters. The first-order valence-electron chi connectivity index (χ1n) is 8.05. The number of hydrogen-bond acceptors (Lipinski definition) is 1. The molecule has 106 valence electrons. The fourth-order valence-corrected chi connectivity index (χ4v) is 3.11. The third-order valence-electron chi connectivity index (χ3n) is 4.43. The van der Waals surface area contributed by atoms with Crippen LogP contribution in [-0.2, 0) is 12.8 Å². The topological polar surface area (TPSA) is 12.0 Å². The summed E-state index contributed by atoms with van der Waals surface area (Å²) in [5.41, 5.74) is 4.64. The lowest BCUT2D eigenvalue weighted by Gasteiger charge is -2.21. The van der Waals surface area contributed by atoms with Crippen LogP contribution in [0.1, 0.15) is 69.2 Å². The lowest BCUT2D eigenvalue weighted by molar-refractivity contribution is 0.444. The molecule has 0 radical (unpaired) electrons. The van der Waals surface area contributed by atoms with E-state index in [0.717, 1.165) is 12.5 Å². The van der Waals surface area contributed by atoms with Crippen LogP contribution in [0, 0.1) is 5.92 Å². The van der Waals surface area contributed by atoms with Gasteiger partial charge in [0, 0.05) is 6.04 Å². The first kappa shape index (κ1) is 14.6. The second kappa shape index (κ2) is 7.09. The van der Waals surface area contributed by atoms with Crippen molar-refractivity contribution in [2.45, 2.75) is 65.3 Å². The van der Waals surface area contributed by atoms with Gasteiger partial charge < -0.3 is 5.32 Å². The summed E-state index contributed by atoms with van der Waals surface area (Å²) in [6, 6.07) is 7.60. The second-order valence-corrected chi connectivity index (χ2v) is 6.26. The van der Waals surface area contributed by atoms with Crippen LogP contribution in [0.4, 0.5) is 0 Å². The quantitative estimate of drug-likeness (QED) is 0.784. The summed E-state index contributed by atoms with van der Waals surface area (Å²) in [5.74, 6) is 0.782. The van der Waals surface area contributed by atoms with Gasteiger partial charge in [0.15, 0.2) is 0 Å². The van der Waals surface area contributed by atoms with Crippen molar-refractivity contribution in [3.05, 3.63) is 34.9 Å². The molecule has 0 aromatic heterocycles. The van der Waals surface area contributed by atoms with Crippen molar-refractivity contribution in [1.82, 2.24) is 5.32 Å². The smallest absolute Gasteiger partial charge is 0.0292 e. The highest BCUT2D eigenvalue weighted by molar-refractivity contribution is 5.35. The van der Waals surface area contributed by atoms with E-state index in [9.17, 15) is 0 Å². The first-order valence-corrected chi connectivity index (χ1v) is 8.05. The van der Waals surface area contributed by atoms with E-state index < -0.39 is 0 Å². The third kappa shape index (κ3) is 4.07. The molecule has 1 aromatic carbocycles. The van der Waals surface area contributed by atoms with E-state index in [0.29, 0.717) is 6.04 Å². The molecular weight excluding hydrogens is 230 g/mol. The van der Waals surface area contributed by atoms with E-state index in [2.05, 4.69) is 44.3 Å². The zero-order chi connectivity index (χ0) is 13.7. The van der Waals surface area contributed by atoms with Crippen molar-refractivity contribution < 1.29 is 0 Å². The highest BCUT2D eigenvalue weighted by Gasteiger charge is 2.12. The summed E-state index contributed by atoms with van der Waals surface area (Å²) >= 11 is 0. The Labute approximate surface area is 118 Å². The summed E-state index contributed by atoms with van der Waals surface area (Å²) in [4.78, 5) is 0. The highest BCUT2D eigenvalue weighted by atomic mass is 14.9. The van der Waals surface area contributed by atoms with E-state index >= 15 is 0 Å². The minimum Gasteiger partial charge on any atom is -0.310 e. The Morgan fingerprint density at radius 2 is 1.84 bits per heavy atom. The largest absolute Gasteiger partial charge is 0.310 e. The molecule has 0 heterocycles. The monoisotopic (exact) mass is 259 g/mol. The predicted octanol–water partition coefficient (Wildman–Crippen LogP) is 4.65. The number of nitrogens with one attached hydrogen (secondary N) is 1. The van der Waals surface area contributed by atoms with Crippen LogP contribution < -0.4 is 5.32 Å². The molecule has 1 aliphatic carbocycles. The Morgan fingerprint density at radius 3 is 2.58 bits per heavy atom. The molecule has 1 aromatic rings. The molecule has 1 N–H and O–H groups in total. The predicted molar refractivity (Wildman–Crippen MR) is 83.6 cm³/mol. The van der Waals surface area contributed by atoms with Gasteiger partial charge >= 0.3 is 0 Å². The van der Waals surface area contributed by atoms with Gasteiger partial charge in [0.2, 0.25) is 0 Å². The molecule has 0 bridgehead atoms. The molecule has 0 fully saturated rings. The van der Waals surface area contributed by atoms with E-state index in [1.54, 1.807) is 11.1 Å². The molecule has 1 aliphatic rings. The normalized spacial score (nSPS) is 17.8. The fourth-order valence-electron chi connectivity index (χ4n) is 3.11. The Bertz CT molecular complexity index is 397. The molecular formula is C18H29N. The SMILES string of the molecule is CCCC(C)CNC(C)c1ccc2c(c1)CCCC2. The van der Waals surface area contributed by atoms with Crippen LogP contribution in [0.25, 0.3) is 0 Å². The molecule has 19 heavy (non-hydrogen) atoms. The van der Waals surface area contributed by atoms with E-state index in [4.69, 9.17) is 0 Å². The van der Waals surface area contributed by atoms with E-state index in [1.807, 2.05) is 0 Å². The maximum absolute atomic E-state index is 3.69. The van der Waals surface area contributed by atoms with Gasteiger partial charge in [0.25, 0.3) is 0 Å². The van der Waals surface area contributed by atoms with Gasteiger partial charge in [-0.05, 0) is 68.2 Å². The fraction of sp³-hybridized carbons (Fsp3) is 0.667. The van der Waals surface area contributed by atoms with Crippen molar-refractivity contribution in [3.8, 4) is 0 Å². The van der Waals surface area contributed by atoms with Crippen LogP contribution >= 0.6 is 0 Å². The van der Waals surface area contributed by atoms with Gasteiger partial charge in [-0.15, -0.1) is 0 Å². The second-order valence-electron chi connectivity index (χ2n) is 6.26. The Hall–Kier alpha value is -0.820. The molecule has 0 amide bonds. The number of rotatable bonds is 6. The zero-order valence-electron chi connectivity index (χ0n) is 12.8. The van der Waals surface area contributed by atoms with Crippen LogP contribution in [-0.4, -0.2) is 6.54 Å². The summed E-state index contributed by atoms with van der Waals surface area (Å²) in [7, 11) is 0. The maximum atomic E-state index is 3.69. The maximum Gasteiger partial charge on any atom is 0.0292 e. The van der Waals surface area contributed by atoms with Gasteiger partial charge in [0.05, 0.1) is 0 Å². The van der Waals surface area contributed by atoms with Crippen molar-refractivity contribution >= 4 is 0 Å². The molecule has 0 saturated carbocycles. The average molecular weight is 259 g/mol. The standard InChI is InChI=1S/C18H29N/c1-4-7-14(2)13-19-15(3)17-11-10-16-8-5-6-9-18(16)12-17/h10-12,14-15,19H,4-9,13H2,1-3H3. The van der Waals surface area contributed by atoms with Gasteiger partial charge in [-0.2, -0.15) is 0 Å². The number of hydrogen-bond donors (Lipinski definition) is 1. The lowest BCUT2D eigenvalue weighted by atomic mass is 9.89. The van der Waals surface area contributed by atoms with Crippen molar-refractivity contribution in [2.24, 2.45) is 5.92 Å². The summed E-state index contributed by atoms with van der Waals surface area (Å²) in [6.45, 7) is 8.04. The average Bonchev–Trinajstić information content (AvgIpc) is 2.44. The number of fused-ring (bicyclic) bond motifs is 1. The van der Waals surface area contributed by atoms with Crippen molar-refractivity contribution in [1.29, 1.82) is 0 Å². The minimum absolute atomic E-state index is 0.478. The van der Waals surface area contributed by atoms with Crippen LogP contribution in [0.5, 0.6) is 0 Å². The molecule has 2 rings (SSSR count). The molecule has 2 unspecified atom stereocenters. The van der Waals surface area contributed by atoms with Gasteiger partial charge in [-0.25, -0.2) is 0 Å². The summed E-state index contributed by atoms with van der Waals surface area (Å²) in [6.07, 6.45) is 7.91. The van der Waals surface area contributed by atoms with Gasteiger partial charge in [-0.3, -0.25) is 0 Å². The number of aryl methyl sites for hydroxylation is 2. The van der Waals surface area contributed by atoms with E-state index in [1.165, 1.54) is 44.1 Å². The highest BCUT2D eigenvalue weighted by Crippen LogP contribution is 2.24. The molecule has 0 aliphatic heterocycles. The van der Waals surface area contributed by atoms with Gasteiger partial charge in [0.1, 0.15) is 0 Å². The van der Waals surface area contributed by atoms with E-state index in [-0.39, 0.29) is 0 Å². The summed E-state index contributed by atoms with van der Waals surface area (Å²) in [5, 5.41) is 3.69. The van der Waals surface area contributed by atoms with Crippen LogP contribution in [0.15, 0.2) is 18.2 Å². The summed E-state index contributed by atoms with van der Waals surface area (Å²) < 4.78 is 0. The van der Waals surface area contributed by atoms with Crippen LogP contribution in [0.2, 0.25) is 0 Å². The molecule has 0 saturated heterocycles. The first-order chi connectivity index (χ1) is 9.20. The Balaban J connectivity index is 1.93. The van der Waals surface area contributed by atoms with Crippen molar-refractivity contribution in [3.63, 3.8) is 0 Å². The molecule has 0 spiro atoms.